The molecular weight excluding hydrogens is 228 g/mol. The van der Waals surface area contributed by atoms with Crippen molar-refractivity contribution >= 4 is 0 Å². The van der Waals surface area contributed by atoms with E-state index in [1.165, 1.54) is 77.0 Å². The van der Waals surface area contributed by atoms with Crippen LogP contribution in [0.2, 0.25) is 0 Å². The van der Waals surface area contributed by atoms with Crippen LogP contribution in [0.1, 0.15) is 90.4 Å². The third-order valence-corrected chi connectivity index (χ3v) is 3.58. The third kappa shape index (κ3) is 17.5. The minimum absolute atomic E-state index is 1.04. The summed E-state index contributed by atoms with van der Waals surface area (Å²) in [5, 5.41) is 0. The van der Waals surface area contributed by atoms with Gasteiger partial charge in [0, 0.05) is 0 Å². The van der Waals surface area contributed by atoms with Crippen molar-refractivity contribution in [3.05, 3.63) is 31.2 Å². The lowest BCUT2D eigenvalue weighted by molar-refractivity contribution is 0.550. The molecule has 0 saturated heterocycles. The van der Waals surface area contributed by atoms with Crippen LogP contribution in [0.5, 0.6) is 0 Å². The van der Waals surface area contributed by atoms with E-state index in [1.807, 2.05) is 6.08 Å². The predicted molar refractivity (Wildman–Crippen MR) is 89.3 cm³/mol. The van der Waals surface area contributed by atoms with Gasteiger partial charge in [0.1, 0.15) is 0 Å². The summed E-state index contributed by atoms with van der Waals surface area (Å²) in [6.07, 6.45) is 26.5. The lowest BCUT2D eigenvalue weighted by Gasteiger charge is -2.01. The van der Waals surface area contributed by atoms with E-state index in [-0.39, 0.29) is 0 Å². The van der Waals surface area contributed by atoms with Gasteiger partial charge < -0.3 is 0 Å². The first kappa shape index (κ1) is 18.5. The molecular formula is C19H35. The summed E-state index contributed by atoms with van der Waals surface area (Å²) in [4.78, 5) is 0. The van der Waals surface area contributed by atoms with Gasteiger partial charge in [-0.1, -0.05) is 95.4 Å². The van der Waals surface area contributed by atoms with E-state index in [4.69, 9.17) is 0 Å². The first-order chi connectivity index (χ1) is 9.41. The van der Waals surface area contributed by atoms with Crippen molar-refractivity contribution in [1.82, 2.24) is 0 Å². The average molecular weight is 263 g/mol. The van der Waals surface area contributed by atoms with Gasteiger partial charge in [0.25, 0.3) is 0 Å². The van der Waals surface area contributed by atoms with Crippen molar-refractivity contribution in [2.45, 2.75) is 90.4 Å². The molecule has 0 aromatic rings. The number of rotatable bonds is 14. The van der Waals surface area contributed by atoms with Crippen LogP contribution in [-0.2, 0) is 0 Å². The second-order valence-corrected chi connectivity index (χ2v) is 5.50. The summed E-state index contributed by atoms with van der Waals surface area (Å²) in [5.74, 6) is 0. The van der Waals surface area contributed by atoms with Crippen molar-refractivity contribution in [3.8, 4) is 0 Å². The Balaban J connectivity index is 3.00. The number of unbranched alkanes of at least 4 members (excludes halogenated alkanes) is 11. The summed E-state index contributed by atoms with van der Waals surface area (Å²) < 4.78 is 0. The van der Waals surface area contributed by atoms with Gasteiger partial charge in [0.15, 0.2) is 0 Å². The first-order valence-electron chi connectivity index (χ1n) is 8.51. The van der Waals surface area contributed by atoms with Crippen LogP contribution in [0.25, 0.3) is 0 Å². The first-order valence-corrected chi connectivity index (χ1v) is 8.51. The highest BCUT2D eigenvalue weighted by Crippen LogP contribution is 2.12. The van der Waals surface area contributed by atoms with Crippen LogP contribution in [0.3, 0.4) is 0 Å². The molecule has 0 aliphatic carbocycles. The molecule has 0 heterocycles. The Bertz CT molecular complexity index is 200. The van der Waals surface area contributed by atoms with Crippen molar-refractivity contribution in [2.75, 3.05) is 0 Å². The van der Waals surface area contributed by atoms with E-state index in [0.717, 1.165) is 6.42 Å². The zero-order valence-electron chi connectivity index (χ0n) is 13.2. The molecule has 0 aliphatic heterocycles. The van der Waals surface area contributed by atoms with Gasteiger partial charge in [0.05, 0.1) is 0 Å². The van der Waals surface area contributed by atoms with Crippen LogP contribution in [0.15, 0.2) is 24.3 Å². The molecule has 0 bridgehead atoms. The molecule has 0 aromatic carbocycles. The zero-order chi connectivity index (χ0) is 14.0. The summed E-state index contributed by atoms with van der Waals surface area (Å²) >= 11 is 0. The summed E-state index contributed by atoms with van der Waals surface area (Å²) in [5.41, 5.74) is 0. The predicted octanol–water partition coefficient (Wildman–Crippen LogP) is 7.02. The topological polar surface area (TPSA) is 0 Å². The largest absolute Gasteiger partial charge is 0.0882 e. The standard InChI is InChI=1S/C19H35/c1-3-5-7-9-11-13-15-17-19-18-16-14-12-10-8-6-4-2/h3,5,9,11H,1,4,6-8,10,12-19H2,2H3. The maximum absolute atomic E-state index is 3.67. The molecule has 0 rings (SSSR count). The Kier molecular flexibility index (Phi) is 17.0. The second-order valence-electron chi connectivity index (χ2n) is 5.50. The Morgan fingerprint density at radius 3 is 1.68 bits per heavy atom. The molecule has 1 radical (unpaired) electrons. The van der Waals surface area contributed by atoms with E-state index in [2.05, 4.69) is 32.1 Å². The van der Waals surface area contributed by atoms with Crippen molar-refractivity contribution in [3.63, 3.8) is 0 Å². The van der Waals surface area contributed by atoms with Gasteiger partial charge in [0.2, 0.25) is 0 Å². The third-order valence-electron chi connectivity index (χ3n) is 3.58. The maximum atomic E-state index is 3.67. The van der Waals surface area contributed by atoms with E-state index in [0.29, 0.717) is 0 Å². The van der Waals surface area contributed by atoms with E-state index in [9.17, 15) is 0 Å². The summed E-state index contributed by atoms with van der Waals surface area (Å²) in [7, 11) is 0. The van der Waals surface area contributed by atoms with Crippen LogP contribution in [0, 0.1) is 6.92 Å². The molecule has 19 heavy (non-hydrogen) atoms. The molecule has 0 heteroatoms. The molecule has 0 nitrogen and oxygen atoms in total. The fourth-order valence-electron chi connectivity index (χ4n) is 2.32. The summed E-state index contributed by atoms with van der Waals surface area (Å²) in [6, 6.07) is 0. The number of hydrogen-bond acceptors (Lipinski definition) is 0. The van der Waals surface area contributed by atoms with Crippen LogP contribution in [0.4, 0.5) is 0 Å². The molecule has 0 fully saturated rings. The second kappa shape index (κ2) is 17.5. The lowest BCUT2D eigenvalue weighted by Crippen LogP contribution is -1.81. The van der Waals surface area contributed by atoms with Gasteiger partial charge >= 0.3 is 0 Å². The Labute approximate surface area is 122 Å². The molecule has 0 aromatic heterocycles. The van der Waals surface area contributed by atoms with Gasteiger partial charge in [-0.15, -0.1) is 0 Å². The highest BCUT2D eigenvalue weighted by molar-refractivity contribution is 4.93. The van der Waals surface area contributed by atoms with Crippen LogP contribution in [-0.4, -0.2) is 0 Å². The van der Waals surface area contributed by atoms with Crippen LogP contribution >= 0.6 is 0 Å². The average Bonchev–Trinajstić information content (AvgIpc) is 2.43. The Hall–Kier alpha value is -0.520. The van der Waals surface area contributed by atoms with Crippen molar-refractivity contribution in [2.24, 2.45) is 0 Å². The monoisotopic (exact) mass is 263 g/mol. The number of allylic oxidation sites excluding steroid dienone is 4. The Morgan fingerprint density at radius 1 is 0.632 bits per heavy atom. The smallest absolute Gasteiger partial charge is 0.0169 e. The van der Waals surface area contributed by atoms with Gasteiger partial charge in [-0.3, -0.25) is 0 Å². The minimum atomic E-state index is 1.04. The van der Waals surface area contributed by atoms with Crippen molar-refractivity contribution < 1.29 is 0 Å². The minimum Gasteiger partial charge on any atom is -0.0882 e. The lowest BCUT2D eigenvalue weighted by atomic mass is 10.1. The van der Waals surface area contributed by atoms with Crippen molar-refractivity contribution in [1.29, 1.82) is 0 Å². The fourth-order valence-corrected chi connectivity index (χ4v) is 2.32. The molecule has 0 saturated carbocycles. The molecule has 0 aliphatic rings. The van der Waals surface area contributed by atoms with Crippen LogP contribution < -0.4 is 0 Å². The van der Waals surface area contributed by atoms with E-state index < -0.39 is 0 Å². The van der Waals surface area contributed by atoms with Gasteiger partial charge in [-0.2, -0.15) is 0 Å². The Morgan fingerprint density at radius 2 is 1.16 bits per heavy atom. The zero-order valence-corrected chi connectivity index (χ0v) is 13.2. The quantitative estimate of drug-likeness (QED) is 0.233. The highest BCUT2D eigenvalue weighted by atomic mass is 14.0. The van der Waals surface area contributed by atoms with E-state index in [1.54, 1.807) is 0 Å². The molecule has 0 amide bonds. The molecule has 0 unspecified atom stereocenters. The molecule has 0 spiro atoms. The highest BCUT2D eigenvalue weighted by Gasteiger charge is 1.92. The number of hydrogen-bond donors (Lipinski definition) is 0. The maximum Gasteiger partial charge on any atom is -0.0169 e. The molecule has 0 N–H and O–H groups in total. The van der Waals surface area contributed by atoms with Gasteiger partial charge in [-0.25, -0.2) is 0 Å². The van der Waals surface area contributed by atoms with E-state index >= 15 is 0 Å². The summed E-state index contributed by atoms with van der Waals surface area (Å²) in [6.45, 7) is 5.96. The SMILES string of the molecule is [CH2]C=CCC=CCCCCCCCCCCCCC. The molecule has 0 atom stereocenters. The fraction of sp³-hybridized carbons (Fsp3) is 0.737. The normalized spacial score (nSPS) is 11.9. The molecule has 111 valence electrons. The van der Waals surface area contributed by atoms with Gasteiger partial charge in [-0.05, 0) is 26.2 Å².